The van der Waals surface area contributed by atoms with Gasteiger partial charge in [-0.25, -0.2) is 0 Å². The Labute approximate surface area is 130 Å². The topological polar surface area (TPSA) is 63.6 Å². The summed E-state index contributed by atoms with van der Waals surface area (Å²) in [7, 11) is 0. The Hall–Kier alpha value is -1.39. The van der Waals surface area contributed by atoms with E-state index in [-0.39, 0.29) is 12.2 Å². The van der Waals surface area contributed by atoms with Crippen LogP contribution in [-0.4, -0.2) is 22.7 Å². The van der Waals surface area contributed by atoms with Gasteiger partial charge in [0.15, 0.2) is 5.78 Å². The summed E-state index contributed by atoms with van der Waals surface area (Å²) in [5, 5.41) is 10.8. The summed E-state index contributed by atoms with van der Waals surface area (Å²) in [6, 6.07) is 6.65. The monoisotopic (exact) mass is 312 g/mol. The lowest BCUT2D eigenvalue weighted by Crippen LogP contribution is -2.38. The first-order valence-electron chi connectivity index (χ1n) is 6.93. The molecule has 0 aromatic heterocycles. The van der Waals surface area contributed by atoms with E-state index in [2.05, 4.69) is 0 Å². The van der Waals surface area contributed by atoms with Gasteiger partial charge in [-0.1, -0.05) is 38.1 Å². The standard InChI is InChI=1S/C16H21ClO4/c1-11(2)16(20,21-12(3)18)14-8-5-4-7-13(14)15(19)9-6-10-17/h4-5,7-8,11,20H,6,9-10H2,1-3H3. The number of carbonyl (C=O) groups is 2. The molecule has 1 N–H and O–H groups in total. The number of hydrogen-bond acceptors (Lipinski definition) is 4. The fourth-order valence-electron chi connectivity index (χ4n) is 2.10. The number of rotatable bonds is 7. The zero-order valence-electron chi connectivity index (χ0n) is 12.6. The average Bonchev–Trinajstić information content (AvgIpc) is 2.43. The van der Waals surface area contributed by atoms with Gasteiger partial charge in [-0.15, -0.1) is 11.6 Å². The first kappa shape index (κ1) is 17.7. The van der Waals surface area contributed by atoms with Crippen LogP contribution in [0.5, 0.6) is 0 Å². The number of alkyl halides is 1. The summed E-state index contributed by atoms with van der Waals surface area (Å²) in [5.41, 5.74) is 0.676. The van der Waals surface area contributed by atoms with E-state index in [4.69, 9.17) is 16.3 Å². The number of aliphatic hydroxyl groups is 1. The molecule has 0 aliphatic heterocycles. The summed E-state index contributed by atoms with van der Waals surface area (Å²) in [5.74, 6) is -2.55. The van der Waals surface area contributed by atoms with E-state index in [1.807, 2.05) is 0 Å². The molecule has 0 spiro atoms. The van der Waals surface area contributed by atoms with Gasteiger partial charge in [0.2, 0.25) is 5.79 Å². The quantitative estimate of drug-likeness (QED) is 0.363. The third-order valence-corrected chi connectivity index (χ3v) is 3.50. The third-order valence-electron chi connectivity index (χ3n) is 3.23. The van der Waals surface area contributed by atoms with Crippen molar-refractivity contribution in [3.63, 3.8) is 0 Å². The van der Waals surface area contributed by atoms with E-state index >= 15 is 0 Å². The SMILES string of the molecule is CC(=O)OC(O)(c1ccccc1C(=O)CCCCl)C(C)C. The number of ether oxygens (including phenoxy) is 1. The summed E-state index contributed by atoms with van der Waals surface area (Å²) in [4.78, 5) is 23.6. The molecule has 1 aromatic rings. The summed E-state index contributed by atoms with van der Waals surface area (Å²) >= 11 is 5.61. The van der Waals surface area contributed by atoms with Crippen LogP contribution in [0.15, 0.2) is 24.3 Å². The van der Waals surface area contributed by atoms with Gasteiger partial charge in [0.25, 0.3) is 0 Å². The van der Waals surface area contributed by atoms with Crippen molar-refractivity contribution in [3.8, 4) is 0 Å². The number of esters is 1. The molecule has 0 heterocycles. The van der Waals surface area contributed by atoms with E-state index in [1.165, 1.54) is 6.92 Å². The zero-order chi connectivity index (χ0) is 16.0. The highest BCUT2D eigenvalue weighted by Gasteiger charge is 2.39. The Morgan fingerprint density at radius 2 is 1.95 bits per heavy atom. The van der Waals surface area contributed by atoms with Gasteiger partial charge in [0, 0.05) is 36.3 Å². The molecule has 1 rings (SSSR count). The van der Waals surface area contributed by atoms with Crippen LogP contribution >= 0.6 is 11.6 Å². The number of Topliss-reactive ketones (excluding diaryl/α,β-unsaturated/α-hetero) is 1. The Balaban J connectivity index is 3.26. The highest BCUT2D eigenvalue weighted by atomic mass is 35.5. The van der Waals surface area contributed by atoms with Crippen LogP contribution in [0.25, 0.3) is 0 Å². The smallest absolute Gasteiger partial charge is 0.305 e. The van der Waals surface area contributed by atoms with Gasteiger partial charge in [0.1, 0.15) is 0 Å². The molecule has 0 bridgehead atoms. The molecule has 0 aliphatic rings. The Bertz CT molecular complexity index is 513. The Morgan fingerprint density at radius 1 is 1.33 bits per heavy atom. The molecule has 0 fully saturated rings. The third kappa shape index (κ3) is 4.29. The first-order chi connectivity index (χ1) is 9.82. The second-order valence-corrected chi connectivity index (χ2v) is 5.58. The number of halogens is 1. The minimum absolute atomic E-state index is 0.127. The lowest BCUT2D eigenvalue weighted by Gasteiger charge is -2.32. The van der Waals surface area contributed by atoms with E-state index in [1.54, 1.807) is 38.1 Å². The Kier molecular flexibility index (Phi) is 6.37. The van der Waals surface area contributed by atoms with E-state index < -0.39 is 17.7 Å². The van der Waals surface area contributed by atoms with Gasteiger partial charge < -0.3 is 9.84 Å². The molecule has 4 nitrogen and oxygen atoms in total. The first-order valence-corrected chi connectivity index (χ1v) is 7.47. The van der Waals surface area contributed by atoms with Crippen molar-refractivity contribution in [2.45, 2.75) is 39.4 Å². The fourth-order valence-corrected chi connectivity index (χ4v) is 2.24. The molecule has 1 atom stereocenters. The molecule has 5 heteroatoms. The zero-order valence-corrected chi connectivity index (χ0v) is 13.3. The number of carbonyl (C=O) groups excluding carboxylic acids is 2. The summed E-state index contributed by atoms with van der Waals surface area (Å²) < 4.78 is 5.12. The van der Waals surface area contributed by atoms with Gasteiger partial charge in [-0.2, -0.15) is 0 Å². The van der Waals surface area contributed by atoms with Crippen LogP contribution in [0.1, 0.15) is 49.5 Å². The van der Waals surface area contributed by atoms with Crippen LogP contribution in [0.2, 0.25) is 0 Å². The normalized spacial score (nSPS) is 13.8. The van der Waals surface area contributed by atoms with Crippen molar-refractivity contribution in [1.29, 1.82) is 0 Å². The molecule has 1 aromatic carbocycles. The molecule has 0 radical (unpaired) electrons. The minimum Gasteiger partial charge on any atom is -0.429 e. The molecular weight excluding hydrogens is 292 g/mol. The average molecular weight is 313 g/mol. The number of hydrogen-bond donors (Lipinski definition) is 1. The molecule has 0 amide bonds. The lowest BCUT2D eigenvalue weighted by molar-refractivity contribution is -0.232. The highest BCUT2D eigenvalue weighted by Crippen LogP contribution is 2.34. The number of benzene rings is 1. The van der Waals surface area contributed by atoms with Gasteiger partial charge in [-0.3, -0.25) is 9.59 Å². The maximum absolute atomic E-state index is 12.3. The van der Waals surface area contributed by atoms with Crippen LogP contribution in [0.4, 0.5) is 0 Å². The number of ketones is 1. The highest BCUT2D eigenvalue weighted by molar-refractivity contribution is 6.18. The maximum Gasteiger partial charge on any atom is 0.305 e. The van der Waals surface area contributed by atoms with Crippen LogP contribution < -0.4 is 0 Å². The van der Waals surface area contributed by atoms with E-state index in [9.17, 15) is 14.7 Å². The van der Waals surface area contributed by atoms with Crippen LogP contribution in [0, 0.1) is 5.92 Å². The molecule has 0 aliphatic carbocycles. The molecule has 1 unspecified atom stereocenters. The molecule has 116 valence electrons. The largest absolute Gasteiger partial charge is 0.429 e. The maximum atomic E-state index is 12.3. The van der Waals surface area contributed by atoms with Gasteiger partial charge in [0.05, 0.1) is 0 Å². The van der Waals surface area contributed by atoms with Gasteiger partial charge in [-0.05, 0) is 6.42 Å². The second-order valence-electron chi connectivity index (χ2n) is 5.21. The van der Waals surface area contributed by atoms with Crippen molar-refractivity contribution in [1.82, 2.24) is 0 Å². The molecule has 0 saturated heterocycles. The lowest BCUT2D eigenvalue weighted by atomic mass is 9.88. The fraction of sp³-hybridized carbons (Fsp3) is 0.500. The van der Waals surface area contributed by atoms with Gasteiger partial charge >= 0.3 is 5.97 Å². The van der Waals surface area contributed by atoms with E-state index in [0.29, 0.717) is 23.4 Å². The summed E-state index contributed by atoms with van der Waals surface area (Å²) in [6.45, 7) is 4.68. The van der Waals surface area contributed by atoms with Crippen molar-refractivity contribution in [2.24, 2.45) is 5.92 Å². The summed E-state index contributed by atoms with van der Waals surface area (Å²) in [6.07, 6.45) is 0.844. The molecular formula is C16H21ClO4. The second kappa shape index (κ2) is 7.57. The van der Waals surface area contributed by atoms with Crippen molar-refractivity contribution < 1.29 is 19.4 Å². The molecule has 21 heavy (non-hydrogen) atoms. The predicted octanol–water partition coefficient (Wildman–Crippen LogP) is 3.25. The predicted molar refractivity (Wildman–Crippen MR) is 81.2 cm³/mol. The Morgan fingerprint density at radius 3 is 2.48 bits per heavy atom. The van der Waals surface area contributed by atoms with Crippen LogP contribution in [-0.2, 0) is 15.3 Å². The van der Waals surface area contributed by atoms with E-state index in [0.717, 1.165) is 0 Å². The minimum atomic E-state index is -1.82. The van der Waals surface area contributed by atoms with Crippen LogP contribution in [0.3, 0.4) is 0 Å². The van der Waals surface area contributed by atoms with Crippen molar-refractivity contribution in [2.75, 3.05) is 5.88 Å². The van der Waals surface area contributed by atoms with Crippen molar-refractivity contribution in [3.05, 3.63) is 35.4 Å². The van der Waals surface area contributed by atoms with Crippen molar-refractivity contribution >= 4 is 23.4 Å². The molecule has 0 saturated carbocycles.